The van der Waals surface area contributed by atoms with E-state index in [1.807, 2.05) is 0 Å². The predicted molar refractivity (Wildman–Crippen MR) is 108 cm³/mol. The Morgan fingerprint density at radius 3 is 1.30 bits per heavy atom. The molecule has 0 saturated carbocycles. The van der Waals surface area contributed by atoms with Crippen LogP contribution in [0, 0.1) is 0 Å². The topological polar surface area (TPSA) is 0 Å². The maximum Gasteiger partial charge on any atom is 0.0946 e. The molecule has 0 atom stereocenters. The molecule has 0 N–H and O–H groups in total. The molecule has 0 amide bonds. The van der Waals surface area contributed by atoms with Gasteiger partial charge in [-0.3, -0.25) is 0 Å². The third-order valence-corrected chi connectivity index (χ3v) is 4.74. The molecule has 0 spiro atoms. The minimum Gasteiger partial charge on any atom is -0.0712 e. The van der Waals surface area contributed by atoms with E-state index in [0.29, 0.717) is 0 Å². The molecule has 0 aliphatic carbocycles. The Kier molecular flexibility index (Phi) is 5.47. The van der Waals surface area contributed by atoms with Crippen molar-refractivity contribution in [2.45, 2.75) is 3.74 Å². The molecule has 0 bridgehead atoms. The lowest BCUT2D eigenvalue weighted by molar-refractivity contribution is 1.45. The van der Waals surface area contributed by atoms with Crippen molar-refractivity contribution in [1.29, 1.82) is 0 Å². The van der Waals surface area contributed by atoms with E-state index in [0.717, 1.165) is 0 Å². The van der Waals surface area contributed by atoms with E-state index in [1.165, 1.54) is 27.1 Å². The number of rotatable bonds is 1. The summed E-state index contributed by atoms with van der Waals surface area (Å²) in [5.41, 5.74) is 1.25. The van der Waals surface area contributed by atoms with E-state index in [1.54, 1.807) is 0 Å². The molecule has 4 aromatic carbocycles. The lowest BCUT2D eigenvalue weighted by Gasteiger charge is -2.03. The maximum absolute atomic E-state index is 3.48. The maximum atomic E-state index is 3.48. The Morgan fingerprint density at radius 1 is 0.478 bits per heavy atom. The van der Waals surface area contributed by atoms with Gasteiger partial charge in [-0.05, 0) is 33.2 Å². The molecule has 4 rings (SSSR count). The molecule has 4 aromatic rings. The molecule has 0 radical (unpaired) electrons. The van der Waals surface area contributed by atoms with E-state index >= 15 is 0 Å². The standard InChI is InChI=1S/C11H8Br2.C10H8/c12-11(13)10-6-5-8-3-1-2-4-9(8)7-10;1-2-6-10-8-4-3-7-9(10)5-1/h1-7,11H;1-8H. The molecule has 0 heterocycles. The molecule has 0 nitrogen and oxygen atoms in total. The Hall–Kier alpha value is -1.64. The quantitative estimate of drug-likeness (QED) is 0.276. The SMILES string of the molecule is BrC(Br)c1ccc2ccccc2c1.c1ccc2ccccc2c1. The molecule has 0 fully saturated rings. The number of benzene rings is 4. The van der Waals surface area contributed by atoms with Gasteiger partial charge in [-0.25, -0.2) is 0 Å². The molecule has 0 saturated heterocycles. The average molecular weight is 428 g/mol. The van der Waals surface area contributed by atoms with E-state index in [2.05, 4.69) is 123 Å². The first kappa shape index (κ1) is 16.2. The summed E-state index contributed by atoms with van der Waals surface area (Å²) in [6.07, 6.45) is 0. The van der Waals surface area contributed by atoms with Crippen LogP contribution in [-0.4, -0.2) is 0 Å². The van der Waals surface area contributed by atoms with Gasteiger partial charge in [0.2, 0.25) is 0 Å². The van der Waals surface area contributed by atoms with Gasteiger partial charge in [0.1, 0.15) is 0 Å². The third-order valence-electron chi connectivity index (χ3n) is 3.68. The zero-order valence-corrected chi connectivity index (χ0v) is 15.7. The Bertz CT molecular complexity index is 848. The van der Waals surface area contributed by atoms with Gasteiger partial charge < -0.3 is 0 Å². The normalized spacial score (nSPS) is 10.6. The summed E-state index contributed by atoms with van der Waals surface area (Å²) >= 11 is 6.97. The van der Waals surface area contributed by atoms with Gasteiger partial charge in [0, 0.05) is 0 Å². The molecular formula is C21H16Br2. The van der Waals surface area contributed by atoms with Crippen molar-refractivity contribution < 1.29 is 0 Å². The van der Waals surface area contributed by atoms with Crippen molar-refractivity contribution >= 4 is 53.4 Å². The second kappa shape index (κ2) is 7.76. The highest BCUT2D eigenvalue weighted by atomic mass is 79.9. The second-order valence-electron chi connectivity index (χ2n) is 5.25. The summed E-state index contributed by atoms with van der Waals surface area (Å²) in [5.74, 6) is 0. The largest absolute Gasteiger partial charge is 0.0946 e. The van der Waals surface area contributed by atoms with E-state index < -0.39 is 0 Å². The third kappa shape index (κ3) is 4.21. The van der Waals surface area contributed by atoms with Crippen LogP contribution in [0.4, 0.5) is 0 Å². The number of hydrogen-bond acceptors (Lipinski definition) is 0. The first-order chi connectivity index (χ1) is 11.2. The van der Waals surface area contributed by atoms with Crippen molar-refractivity contribution in [2.75, 3.05) is 0 Å². The van der Waals surface area contributed by atoms with Crippen LogP contribution in [0.15, 0.2) is 91.0 Å². The summed E-state index contributed by atoms with van der Waals surface area (Å²) in [4.78, 5) is 0. The summed E-state index contributed by atoms with van der Waals surface area (Å²) in [6.45, 7) is 0. The highest BCUT2D eigenvalue weighted by Gasteiger charge is 2.02. The van der Waals surface area contributed by atoms with Gasteiger partial charge in [0.25, 0.3) is 0 Å². The van der Waals surface area contributed by atoms with Crippen LogP contribution in [0.25, 0.3) is 21.5 Å². The fraction of sp³-hybridized carbons (Fsp3) is 0.0476. The lowest BCUT2D eigenvalue weighted by Crippen LogP contribution is -1.80. The molecular weight excluding hydrogens is 412 g/mol. The smallest absolute Gasteiger partial charge is 0.0712 e. The zero-order valence-electron chi connectivity index (χ0n) is 12.5. The van der Waals surface area contributed by atoms with Gasteiger partial charge in [0.05, 0.1) is 3.74 Å². The molecule has 0 unspecified atom stereocenters. The zero-order chi connectivity index (χ0) is 16.1. The van der Waals surface area contributed by atoms with Crippen LogP contribution in [0.1, 0.15) is 9.30 Å². The van der Waals surface area contributed by atoms with Gasteiger partial charge in [0.15, 0.2) is 0 Å². The van der Waals surface area contributed by atoms with Crippen LogP contribution < -0.4 is 0 Å². The van der Waals surface area contributed by atoms with Crippen LogP contribution in [0.2, 0.25) is 0 Å². The Morgan fingerprint density at radius 2 is 0.870 bits per heavy atom. The van der Waals surface area contributed by atoms with E-state index in [4.69, 9.17) is 0 Å². The summed E-state index contributed by atoms with van der Waals surface area (Å²) in [7, 11) is 0. The molecule has 0 aliphatic rings. The Labute approximate surface area is 153 Å². The number of hydrogen-bond donors (Lipinski definition) is 0. The molecule has 2 heteroatoms. The highest BCUT2D eigenvalue weighted by Crippen LogP contribution is 2.30. The second-order valence-corrected chi connectivity index (χ2v) is 8.31. The van der Waals surface area contributed by atoms with E-state index in [9.17, 15) is 0 Å². The summed E-state index contributed by atoms with van der Waals surface area (Å²) < 4.78 is 0.240. The van der Waals surface area contributed by atoms with Crippen LogP contribution in [0.5, 0.6) is 0 Å². The van der Waals surface area contributed by atoms with Crippen LogP contribution in [-0.2, 0) is 0 Å². The first-order valence-corrected chi connectivity index (χ1v) is 9.28. The van der Waals surface area contributed by atoms with Gasteiger partial charge in [-0.1, -0.05) is 117 Å². The Balaban J connectivity index is 0.000000140. The number of alkyl halides is 2. The van der Waals surface area contributed by atoms with Crippen molar-refractivity contribution in [1.82, 2.24) is 0 Å². The van der Waals surface area contributed by atoms with Crippen LogP contribution >= 0.6 is 31.9 Å². The molecule has 114 valence electrons. The molecule has 0 aromatic heterocycles. The predicted octanol–water partition coefficient (Wildman–Crippen LogP) is 7.47. The van der Waals surface area contributed by atoms with E-state index in [-0.39, 0.29) is 3.74 Å². The minimum absolute atomic E-state index is 0.240. The van der Waals surface area contributed by atoms with Crippen molar-refractivity contribution in [3.8, 4) is 0 Å². The monoisotopic (exact) mass is 426 g/mol. The van der Waals surface area contributed by atoms with Crippen molar-refractivity contribution in [3.05, 3.63) is 96.6 Å². The minimum atomic E-state index is 0.240. The number of halogens is 2. The highest BCUT2D eigenvalue weighted by molar-refractivity contribution is 9.24. The van der Waals surface area contributed by atoms with Crippen LogP contribution in [0.3, 0.4) is 0 Å². The van der Waals surface area contributed by atoms with Crippen molar-refractivity contribution in [2.24, 2.45) is 0 Å². The van der Waals surface area contributed by atoms with Gasteiger partial charge in [-0.2, -0.15) is 0 Å². The lowest BCUT2D eigenvalue weighted by atomic mass is 10.1. The molecule has 23 heavy (non-hydrogen) atoms. The molecule has 0 aliphatic heterocycles. The summed E-state index contributed by atoms with van der Waals surface area (Å²) in [5, 5.41) is 5.19. The summed E-state index contributed by atoms with van der Waals surface area (Å²) in [6, 6.07) is 31.5. The average Bonchev–Trinajstić information content (AvgIpc) is 2.62. The fourth-order valence-corrected chi connectivity index (χ4v) is 3.05. The van der Waals surface area contributed by atoms with Gasteiger partial charge >= 0.3 is 0 Å². The van der Waals surface area contributed by atoms with Gasteiger partial charge in [-0.15, -0.1) is 0 Å². The fourth-order valence-electron chi connectivity index (χ4n) is 2.48. The number of fused-ring (bicyclic) bond motifs is 2. The first-order valence-electron chi connectivity index (χ1n) is 7.45. The van der Waals surface area contributed by atoms with Crippen molar-refractivity contribution in [3.63, 3.8) is 0 Å².